The summed E-state index contributed by atoms with van der Waals surface area (Å²) in [6.07, 6.45) is 0.430. The lowest BCUT2D eigenvalue weighted by atomic mass is 10.2. The van der Waals surface area contributed by atoms with Crippen LogP contribution in [0.15, 0.2) is 11.9 Å². The molecule has 0 aromatic heterocycles. The standard InChI is InChI=1S/C15H26FN3O3/c1-5-18-8-10-19(11-9-18)13(20)12(16)6-7-17-14(21)22-15(2,3)4/h6H,5,7-11H2,1-4H3,(H,17,21)/b12-6-. The fraction of sp³-hybridized carbons (Fsp3) is 0.733. The van der Waals surface area contributed by atoms with Crippen molar-refractivity contribution in [2.45, 2.75) is 33.3 Å². The lowest BCUT2D eigenvalue weighted by Crippen LogP contribution is -2.48. The van der Waals surface area contributed by atoms with E-state index in [1.54, 1.807) is 20.8 Å². The second kappa shape index (κ2) is 8.12. The number of amides is 2. The molecule has 1 N–H and O–H groups in total. The van der Waals surface area contributed by atoms with Gasteiger partial charge in [0.05, 0.1) is 0 Å². The van der Waals surface area contributed by atoms with Gasteiger partial charge in [-0.25, -0.2) is 9.18 Å². The van der Waals surface area contributed by atoms with Crippen LogP contribution < -0.4 is 5.32 Å². The van der Waals surface area contributed by atoms with Gasteiger partial charge in [-0.2, -0.15) is 0 Å². The van der Waals surface area contributed by atoms with Crippen molar-refractivity contribution >= 4 is 12.0 Å². The van der Waals surface area contributed by atoms with Crippen molar-refractivity contribution in [3.05, 3.63) is 11.9 Å². The van der Waals surface area contributed by atoms with Crippen LogP contribution in [0.3, 0.4) is 0 Å². The Bertz CT molecular complexity index is 424. The first-order chi connectivity index (χ1) is 10.2. The molecule has 0 atom stereocenters. The van der Waals surface area contributed by atoms with Crippen LogP contribution in [0.1, 0.15) is 27.7 Å². The van der Waals surface area contributed by atoms with Gasteiger partial charge in [0.25, 0.3) is 5.91 Å². The first kappa shape index (κ1) is 18.4. The third kappa shape index (κ3) is 6.43. The van der Waals surface area contributed by atoms with E-state index in [4.69, 9.17) is 4.74 Å². The van der Waals surface area contributed by atoms with E-state index in [1.807, 2.05) is 0 Å². The highest BCUT2D eigenvalue weighted by atomic mass is 19.1. The molecule has 0 aromatic rings. The van der Waals surface area contributed by atoms with Crippen molar-refractivity contribution in [2.75, 3.05) is 39.3 Å². The zero-order valence-electron chi connectivity index (χ0n) is 13.8. The largest absolute Gasteiger partial charge is 0.444 e. The van der Waals surface area contributed by atoms with Gasteiger partial charge < -0.3 is 19.9 Å². The molecular weight excluding hydrogens is 289 g/mol. The topological polar surface area (TPSA) is 61.9 Å². The summed E-state index contributed by atoms with van der Waals surface area (Å²) in [6.45, 7) is 10.7. The molecule has 1 aliphatic heterocycles. The van der Waals surface area contributed by atoms with Gasteiger partial charge in [0.15, 0.2) is 5.83 Å². The molecule has 1 heterocycles. The lowest BCUT2D eigenvalue weighted by molar-refractivity contribution is -0.130. The molecule has 0 bridgehead atoms. The van der Waals surface area contributed by atoms with E-state index in [0.717, 1.165) is 25.7 Å². The number of alkyl carbamates (subject to hydrolysis) is 1. The van der Waals surface area contributed by atoms with Gasteiger partial charge in [-0.3, -0.25) is 4.79 Å². The van der Waals surface area contributed by atoms with Gasteiger partial charge in [-0.05, 0) is 33.4 Å². The van der Waals surface area contributed by atoms with Gasteiger partial charge in [0.1, 0.15) is 5.60 Å². The van der Waals surface area contributed by atoms with Gasteiger partial charge >= 0.3 is 6.09 Å². The summed E-state index contributed by atoms with van der Waals surface area (Å²) in [7, 11) is 0. The van der Waals surface area contributed by atoms with Gasteiger partial charge in [0, 0.05) is 32.7 Å². The predicted octanol–water partition coefficient (Wildman–Crippen LogP) is 1.53. The molecule has 0 unspecified atom stereocenters. The Morgan fingerprint density at radius 3 is 2.32 bits per heavy atom. The SMILES string of the molecule is CCN1CCN(C(=O)/C(F)=C/CNC(=O)OC(C)(C)C)CC1. The van der Waals surface area contributed by atoms with E-state index in [2.05, 4.69) is 17.1 Å². The maximum atomic E-state index is 13.8. The molecule has 2 amide bonds. The Balaban J connectivity index is 2.38. The minimum atomic E-state index is -0.846. The molecule has 1 rings (SSSR count). The molecule has 0 radical (unpaired) electrons. The Kier molecular flexibility index (Phi) is 6.80. The number of rotatable bonds is 4. The summed E-state index contributed by atoms with van der Waals surface area (Å²) in [4.78, 5) is 27.0. The number of nitrogens with zero attached hydrogens (tertiary/aromatic N) is 2. The molecule has 0 saturated carbocycles. The molecule has 22 heavy (non-hydrogen) atoms. The molecule has 0 aliphatic carbocycles. The van der Waals surface area contributed by atoms with Crippen LogP contribution in [0.4, 0.5) is 9.18 Å². The summed E-state index contributed by atoms with van der Waals surface area (Å²) in [5.74, 6) is -1.47. The first-order valence-corrected chi connectivity index (χ1v) is 7.57. The number of carbonyl (C=O) groups is 2. The van der Waals surface area contributed by atoms with Crippen molar-refractivity contribution < 1.29 is 18.7 Å². The van der Waals surface area contributed by atoms with Crippen molar-refractivity contribution in [3.63, 3.8) is 0 Å². The zero-order chi connectivity index (χ0) is 16.8. The molecule has 1 aliphatic rings. The molecule has 1 saturated heterocycles. The fourth-order valence-electron chi connectivity index (χ4n) is 2.04. The van der Waals surface area contributed by atoms with Crippen LogP contribution >= 0.6 is 0 Å². The number of likely N-dealkylation sites (N-methyl/N-ethyl adjacent to an activating group) is 1. The summed E-state index contributed by atoms with van der Waals surface area (Å²) in [5, 5.41) is 2.39. The molecule has 0 spiro atoms. The molecule has 1 fully saturated rings. The average molecular weight is 315 g/mol. The highest BCUT2D eigenvalue weighted by molar-refractivity contribution is 5.91. The minimum absolute atomic E-state index is 0.0819. The molecule has 7 heteroatoms. The number of hydrogen-bond donors (Lipinski definition) is 1. The maximum absolute atomic E-state index is 13.8. The van der Waals surface area contributed by atoms with Gasteiger partial charge in [-0.15, -0.1) is 0 Å². The van der Waals surface area contributed by atoms with Crippen molar-refractivity contribution in [2.24, 2.45) is 0 Å². The lowest BCUT2D eigenvalue weighted by Gasteiger charge is -2.33. The maximum Gasteiger partial charge on any atom is 0.407 e. The Labute approximate surface area is 131 Å². The first-order valence-electron chi connectivity index (χ1n) is 7.57. The van der Waals surface area contributed by atoms with E-state index in [-0.39, 0.29) is 6.54 Å². The van der Waals surface area contributed by atoms with Crippen LogP contribution in [0, 0.1) is 0 Å². The Morgan fingerprint density at radius 2 is 1.82 bits per heavy atom. The monoisotopic (exact) mass is 315 g/mol. The molecule has 126 valence electrons. The third-order valence-corrected chi connectivity index (χ3v) is 3.24. The van der Waals surface area contributed by atoms with E-state index < -0.39 is 23.4 Å². The van der Waals surface area contributed by atoms with Crippen molar-refractivity contribution in [1.82, 2.24) is 15.1 Å². The van der Waals surface area contributed by atoms with E-state index in [9.17, 15) is 14.0 Å². The molecule has 6 nitrogen and oxygen atoms in total. The normalized spacial score (nSPS) is 17.3. The number of hydrogen-bond acceptors (Lipinski definition) is 4. The highest BCUT2D eigenvalue weighted by Gasteiger charge is 2.23. The molecular formula is C15H26FN3O3. The molecule has 0 aromatic carbocycles. The summed E-state index contributed by atoms with van der Waals surface area (Å²) in [6, 6.07) is 0. The van der Waals surface area contributed by atoms with Crippen LogP contribution in [0.25, 0.3) is 0 Å². The number of piperazine rings is 1. The number of nitrogens with one attached hydrogen (secondary N) is 1. The van der Waals surface area contributed by atoms with Crippen LogP contribution in [-0.4, -0.2) is 66.7 Å². The second-order valence-electron chi connectivity index (χ2n) is 6.16. The highest BCUT2D eigenvalue weighted by Crippen LogP contribution is 2.08. The summed E-state index contributed by atoms with van der Waals surface area (Å²) in [5.41, 5.74) is -0.610. The fourth-order valence-corrected chi connectivity index (χ4v) is 2.04. The predicted molar refractivity (Wildman–Crippen MR) is 82.1 cm³/mol. The minimum Gasteiger partial charge on any atom is -0.444 e. The number of halogens is 1. The Morgan fingerprint density at radius 1 is 1.23 bits per heavy atom. The van der Waals surface area contributed by atoms with E-state index in [1.165, 1.54) is 4.90 Å². The zero-order valence-corrected chi connectivity index (χ0v) is 13.8. The van der Waals surface area contributed by atoms with Crippen molar-refractivity contribution in [1.29, 1.82) is 0 Å². The average Bonchev–Trinajstić information content (AvgIpc) is 2.44. The second-order valence-corrected chi connectivity index (χ2v) is 6.16. The quantitative estimate of drug-likeness (QED) is 0.799. The van der Waals surface area contributed by atoms with E-state index in [0.29, 0.717) is 13.1 Å². The van der Waals surface area contributed by atoms with Gasteiger partial charge in [-0.1, -0.05) is 6.92 Å². The van der Waals surface area contributed by atoms with Crippen molar-refractivity contribution in [3.8, 4) is 0 Å². The third-order valence-electron chi connectivity index (χ3n) is 3.24. The van der Waals surface area contributed by atoms with Crippen LogP contribution in [0.5, 0.6) is 0 Å². The van der Waals surface area contributed by atoms with Crippen LogP contribution in [0.2, 0.25) is 0 Å². The van der Waals surface area contributed by atoms with E-state index >= 15 is 0 Å². The Hall–Kier alpha value is -1.63. The number of carbonyl (C=O) groups excluding carboxylic acids is 2. The smallest absolute Gasteiger partial charge is 0.407 e. The summed E-state index contributed by atoms with van der Waals surface area (Å²) < 4.78 is 18.8. The van der Waals surface area contributed by atoms with Gasteiger partial charge in [0.2, 0.25) is 0 Å². The number of ether oxygens (including phenoxy) is 1. The van der Waals surface area contributed by atoms with Crippen LogP contribution in [-0.2, 0) is 9.53 Å². The summed E-state index contributed by atoms with van der Waals surface area (Å²) >= 11 is 0.